The van der Waals surface area contributed by atoms with Crippen molar-refractivity contribution >= 4 is 15.7 Å². The Morgan fingerprint density at radius 2 is 1.59 bits per heavy atom. The lowest BCUT2D eigenvalue weighted by molar-refractivity contribution is -0.137. The summed E-state index contributed by atoms with van der Waals surface area (Å²) in [7, 11) is -1.06. The molecule has 0 spiro atoms. The maximum atomic E-state index is 13.5. The van der Waals surface area contributed by atoms with Gasteiger partial charge < -0.3 is 4.90 Å². The van der Waals surface area contributed by atoms with E-state index in [1.54, 1.807) is 0 Å². The van der Waals surface area contributed by atoms with Crippen LogP contribution in [0.15, 0.2) is 54.6 Å². The van der Waals surface area contributed by atoms with Gasteiger partial charge in [-0.2, -0.15) is 0 Å². The van der Waals surface area contributed by atoms with E-state index in [2.05, 4.69) is 29.2 Å². The smallest absolute Gasteiger partial charge is 0.237 e. The Hall–Kier alpha value is -2.18. The second-order valence-corrected chi connectivity index (χ2v) is 11.6. The summed E-state index contributed by atoms with van der Waals surface area (Å²) in [4.78, 5) is 17.5. The number of carbonyl (C=O) groups is 1. The Bertz CT molecular complexity index is 1020. The molecule has 0 N–H and O–H groups in total. The third-order valence-corrected chi connectivity index (χ3v) is 8.56. The molecule has 172 valence electrons. The summed E-state index contributed by atoms with van der Waals surface area (Å²) in [6.45, 7) is 0.967. The number of nitrogens with zero attached hydrogens (tertiary/aromatic N) is 2. The number of carbonyl (C=O) groups excluding carboxylic acids is 1. The summed E-state index contributed by atoms with van der Waals surface area (Å²) in [6, 6.07) is 18.6. The van der Waals surface area contributed by atoms with Gasteiger partial charge in [-0.1, -0.05) is 73.9 Å². The number of likely N-dealkylation sites (N-methyl/N-ethyl adjacent to an activating group) is 1. The van der Waals surface area contributed by atoms with Crippen molar-refractivity contribution in [2.75, 3.05) is 25.1 Å². The summed E-state index contributed by atoms with van der Waals surface area (Å²) in [5, 5.41) is 0. The van der Waals surface area contributed by atoms with E-state index in [1.807, 2.05) is 42.3 Å². The standard InChI is InChI=1S/C26H34N2O3S/c1-27(18-22-12-8-9-15-25(22)21-10-4-2-5-11-21)19-26(29)28(23-13-6-3-7-14-23)24-16-17-32(30,31)20-24/h2,4-5,8-12,15,23-24H,3,6-7,13-14,16-20H2,1H3. The van der Waals surface area contributed by atoms with Gasteiger partial charge in [0, 0.05) is 18.6 Å². The zero-order valence-electron chi connectivity index (χ0n) is 18.9. The highest BCUT2D eigenvalue weighted by Crippen LogP contribution is 2.29. The number of benzene rings is 2. The van der Waals surface area contributed by atoms with E-state index >= 15 is 0 Å². The SMILES string of the molecule is CN(CC(=O)N(C1CCCCC1)C1CCS(=O)(=O)C1)Cc1ccccc1-c1ccccc1. The van der Waals surface area contributed by atoms with Crippen LogP contribution >= 0.6 is 0 Å². The fraction of sp³-hybridized carbons (Fsp3) is 0.500. The lowest BCUT2D eigenvalue weighted by atomic mass is 9.92. The molecular formula is C26H34N2O3S. The summed E-state index contributed by atoms with van der Waals surface area (Å²) in [6.07, 6.45) is 6.00. The molecule has 5 nitrogen and oxygen atoms in total. The first kappa shape index (κ1) is 23.0. The van der Waals surface area contributed by atoms with Crippen LogP contribution in [0.5, 0.6) is 0 Å². The fourth-order valence-corrected chi connectivity index (χ4v) is 6.99. The third-order valence-electron chi connectivity index (χ3n) is 6.81. The highest BCUT2D eigenvalue weighted by atomic mass is 32.2. The normalized spacial score (nSPS) is 21.0. The van der Waals surface area contributed by atoms with E-state index in [4.69, 9.17) is 0 Å². The van der Waals surface area contributed by atoms with Crippen molar-refractivity contribution in [2.24, 2.45) is 0 Å². The first-order valence-electron chi connectivity index (χ1n) is 11.8. The zero-order valence-corrected chi connectivity index (χ0v) is 19.8. The highest BCUT2D eigenvalue weighted by Gasteiger charge is 2.38. The molecule has 2 fully saturated rings. The van der Waals surface area contributed by atoms with Crippen molar-refractivity contribution in [3.8, 4) is 11.1 Å². The van der Waals surface area contributed by atoms with Crippen LogP contribution in [0.3, 0.4) is 0 Å². The van der Waals surface area contributed by atoms with Crippen LogP contribution in [0, 0.1) is 0 Å². The van der Waals surface area contributed by atoms with Gasteiger partial charge in [0.2, 0.25) is 5.91 Å². The second kappa shape index (κ2) is 10.2. The van der Waals surface area contributed by atoms with Gasteiger partial charge in [-0.25, -0.2) is 8.42 Å². The number of sulfone groups is 1. The molecule has 1 saturated heterocycles. The minimum absolute atomic E-state index is 0.0682. The molecule has 1 aliphatic carbocycles. The van der Waals surface area contributed by atoms with Crippen molar-refractivity contribution in [2.45, 2.75) is 57.2 Å². The van der Waals surface area contributed by atoms with E-state index in [9.17, 15) is 13.2 Å². The summed E-state index contributed by atoms with van der Waals surface area (Å²) >= 11 is 0. The number of hydrogen-bond acceptors (Lipinski definition) is 4. The van der Waals surface area contributed by atoms with Crippen molar-refractivity contribution in [3.63, 3.8) is 0 Å². The van der Waals surface area contributed by atoms with Crippen molar-refractivity contribution in [3.05, 3.63) is 60.2 Å². The highest BCUT2D eigenvalue weighted by molar-refractivity contribution is 7.91. The molecule has 1 heterocycles. The van der Waals surface area contributed by atoms with Gasteiger partial charge in [-0.15, -0.1) is 0 Å². The lowest BCUT2D eigenvalue weighted by Crippen LogP contribution is -2.51. The average Bonchev–Trinajstić information content (AvgIpc) is 3.14. The molecule has 1 unspecified atom stereocenters. The monoisotopic (exact) mass is 454 g/mol. The van der Waals surface area contributed by atoms with Gasteiger partial charge in [0.15, 0.2) is 9.84 Å². The van der Waals surface area contributed by atoms with Gasteiger partial charge >= 0.3 is 0 Å². The van der Waals surface area contributed by atoms with Crippen LogP contribution in [0.25, 0.3) is 11.1 Å². The molecule has 1 amide bonds. The Morgan fingerprint density at radius 1 is 0.906 bits per heavy atom. The number of rotatable bonds is 7. The first-order valence-corrected chi connectivity index (χ1v) is 13.6. The molecule has 0 bridgehead atoms. The van der Waals surface area contributed by atoms with Crippen LogP contribution < -0.4 is 0 Å². The molecule has 2 aromatic rings. The van der Waals surface area contributed by atoms with Crippen LogP contribution in [0.2, 0.25) is 0 Å². The van der Waals surface area contributed by atoms with E-state index < -0.39 is 9.84 Å². The third kappa shape index (κ3) is 5.59. The maximum Gasteiger partial charge on any atom is 0.237 e. The van der Waals surface area contributed by atoms with Crippen molar-refractivity contribution in [1.82, 2.24) is 9.80 Å². The number of hydrogen-bond donors (Lipinski definition) is 0. The number of amides is 1. The fourth-order valence-electron chi connectivity index (χ4n) is 5.28. The van der Waals surface area contributed by atoms with E-state index in [1.165, 1.54) is 23.1 Å². The molecule has 2 aromatic carbocycles. The minimum Gasteiger partial charge on any atom is -0.335 e. The Kier molecular flexibility index (Phi) is 7.31. The second-order valence-electron chi connectivity index (χ2n) is 9.35. The van der Waals surface area contributed by atoms with E-state index in [-0.39, 0.29) is 29.5 Å². The quantitative estimate of drug-likeness (QED) is 0.631. The zero-order chi connectivity index (χ0) is 22.6. The van der Waals surface area contributed by atoms with Gasteiger partial charge in [-0.05, 0) is 43.0 Å². The predicted molar refractivity (Wildman–Crippen MR) is 129 cm³/mol. The lowest BCUT2D eigenvalue weighted by Gasteiger charge is -2.39. The van der Waals surface area contributed by atoms with Crippen LogP contribution in [-0.4, -0.2) is 61.3 Å². The topological polar surface area (TPSA) is 57.7 Å². The molecule has 6 heteroatoms. The van der Waals surface area contributed by atoms with Crippen molar-refractivity contribution < 1.29 is 13.2 Å². The Labute approximate surface area is 192 Å². The predicted octanol–water partition coefficient (Wildman–Crippen LogP) is 4.13. The summed E-state index contributed by atoms with van der Waals surface area (Å²) < 4.78 is 24.3. The largest absolute Gasteiger partial charge is 0.335 e. The summed E-state index contributed by atoms with van der Waals surface area (Å²) in [5.74, 6) is 0.392. The van der Waals surface area contributed by atoms with Gasteiger partial charge in [-0.3, -0.25) is 9.69 Å². The Balaban J connectivity index is 1.48. The molecule has 1 atom stereocenters. The van der Waals surface area contributed by atoms with Crippen LogP contribution in [-0.2, 0) is 21.2 Å². The molecule has 32 heavy (non-hydrogen) atoms. The minimum atomic E-state index is -3.03. The molecule has 1 saturated carbocycles. The summed E-state index contributed by atoms with van der Waals surface area (Å²) in [5.41, 5.74) is 3.53. The van der Waals surface area contributed by atoms with Gasteiger partial charge in [0.25, 0.3) is 0 Å². The molecule has 2 aliphatic rings. The Morgan fingerprint density at radius 3 is 2.28 bits per heavy atom. The van der Waals surface area contributed by atoms with Gasteiger partial charge in [0.05, 0.1) is 18.1 Å². The average molecular weight is 455 g/mol. The molecule has 0 radical (unpaired) electrons. The molecule has 4 rings (SSSR count). The maximum absolute atomic E-state index is 13.5. The van der Waals surface area contributed by atoms with Crippen LogP contribution in [0.1, 0.15) is 44.1 Å². The van der Waals surface area contributed by atoms with Crippen molar-refractivity contribution in [1.29, 1.82) is 0 Å². The first-order chi connectivity index (χ1) is 15.4. The van der Waals surface area contributed by atoms with E-state index in [0.29, 0.717) is 19.5 Å². The van der Waals surface area contributed by atoms with Crippen LogP contribution in [0.4, 0.5) is 0 Å². The van der Waals surface area contributed by atoms with Gasteiger partial charge in [0.1, 0.15) is 0 Å². The molecular weight excluding hydrogens is 420 g/mol. The molecule has 1 aliphatic heterocycles. The van der Waals surface area contributed by atoms with E-state index in [0.717, 1.165) is 25.7 Å². The molecule has 0 aromatic heterocycles.